The summed E-state index contributed by atoms with van der Waals surface area (Å²) in [5.41, 5.74) is 0. The van der Waals surface area contributed by atoms with Crippen molar-refractivity contribution in [1.29, 1.82) is 0 Å². The lowest BCUT2D eigenvalue weighted by molar-refractivity contribution is 0.368. The first-order valence-electron chi connectivity index (χ1n) is 6.00. The number of nitrogens with one attached hydrogen (secondary N) is 1. The van der Waals surface area contributed by atoms with Crippen molar-refractivity contribution in [2.45, 2.75) is 52.6 Å². The van der Waals surface area contributed by atoms with Crippen LogP contribution in [-0.4, -0.2) is 44.2 Å². The smallest absolute Gasteiger partial charge is 0.215 e. The molecule has 0 aliphatic heterocycles. The van der Waals surface area contributed by atoms with Gasteiger partial charge in [0.25, 0.3) is 0 Å². The van der Waals surface area contributed by atoms with Crippen LogP contribution in [0.1, 0.15) is 40.5 Å². The lowest BCUT2D eigenvalue weighted by atomic mass is 10.2. The molecule has 0 bridgehead atoms. The van der Waals surface area contributed by atoms with Crippen LogP contribution in [0.2, 0.25) is 0 Å². The second kappa shape index (κ2) is 7.25. The molecule has 0 aromatic heterocycles. The summed E-state index contributed by atoms with van der Waals surface area (Å²) in [4.78, 5) is 0. The lowest BCUT2D eigenvalue weighted by Gasteiger charge is -2.24. The minimum Gasteiger partial charge on any atom is -0.313 e. The van der Waals surface area contributed by atoms with Gasteiger partial charge in [0.05, 0.1) is 5.75 Å². The second-order valence-corrected chi connectivity index (χ2v) is 6.73. The van der Waals surface area contributed by atoms with E-state index in [1.165, 1.54) is 4.31 Å². The Morgan fingerprint density at radius 2 is 1.81 bits per heavy atom. The highest BCUT2D eigenvalue weighted by atomic mass is 32.2. The predicted octanol–water partition coefficient (Wildman–Crippen LogP) is 1.43. The van der Waals surface area contributed by atoms with E-state index in [4.69, 9.17) is 0 Å². The van der Waals surface area contributed by atoms with Gasteiger partial charge in [0.2, 0.25) is 10.0 Å². The van der Waals surface area contributed by atoms with Crippen LogP contribution >= 0.6 is 0 Å². The molecule has 0 aromatic carbocycles. The topological polar surface area (TPSA) is 49.4 Å². The Labute approximate surface area is 100 Å². The molecule has 16 heavy (non-hydrogen) atoms. The van der Waals surface area contributed by atoms with Gasteiger partial charge in [-0.3, -0.25) is 0 Å². The maximum atomic E-state index is 11.9. The van der Waals surface area contributed by atoms with Gasteiger partial charge < -0.3 is 5.32 Å². The first kappa shape index (κ1) is 15.9. The minimum atomic E-state index is -3.11. The first-order valence-corrected chi connectivity index (χ1v) is 7.61. The zero-order valence-corrected chi connectivity index (χ0v) is 12.0. The molecule has 0 aliphatic rings. The minimum absolute atomic E-state index is 0.0917. The van der Waals surface area contributed by atoms with Crippen molar-refractivity contribution in [3.05, 3.63) is 0 Å². The van der Waals surface area contributed by atoms with Crippen LogP contribution in [0.15, 0.2) is 0 Å². The molecule has 5 heteroatoms. The summed E-state index contributed by atoms with van der Waals surface area (Å²) in [6, 6.07) is 0.419. The summed E-state index contributed by atoms with van der Waals surface area (Å²) in [6.07, 6.45) is 1.92. The molecule has 0 aliphatic carbocycles. The van der Waals surface area contributed by atoms with E-state index in [9.17, 15) is 8.42 Å². The fourth-order valence-corrected chi connectivity index (χ4v) is 2.81. The van der Waals surface area contributed by atoms with Crippen LogP contribution in [0, 0.1) is 0 Å². The third-order valence-corrected chi connectivity index (χ3v) is 4.64. The third-order valence-electron chi connectivity index (χ3n) is 2.68. The Morgan fingerprint density at radius 3 is 2.25 bits per heavy atom. The van der Waals surface area contributed by atoms with E-state index >= 15 is 0 Å². The zero-order chi connectivity index (χ0) is 12.8. The predicted molar refractivity (Wildman–Crippen MR) is 69.1 cm³/mol. The summed E-state index contributed by atoms with van der Waals surface area (Å²) in [5.74, 6) is 0.176. The fraction of sp³-hybridized carbons (Fsp3) is 1.00. The molecule has 0 spiro atoms. The van der Waals surface area contributed by atoms with Gasteiger partial charge in [0.15, 0.2) is 0 Å². The van der Waals surface area contributed by atoms with Crippen molar-refractivity contribution in [3.8, 4) is 0 Å². The Kier molecular flexibility index (Phi) is 7.19. The van der Waals surface area contributed by atoms with E-state index in [2.05, 4.69) is 12.2 Å². The molecule has 1 atom stereocenters. The Bertz CT molecular complexity index is 276. The van der Waals surface area contributed by atoms with Crippen LogP contribution in [0.5, 0.6) is 0 Å². The third kappa shape index (κ3) is 5.82. The molecule has 0 heterocycles. The SMILES string of the molecule is CCCC(C)N(C)S(=O)(=O)CCNC(C)C. The normalized spacial score (nSPS) is 14.7. The summed E-state index contributed by atoms with van der Waals surface area (Å²) >= 11 is 0. The Hall–Kier alpha value is -0.130. The van der Waals surface area contributed by atoms with Gasteiger partial charge in [-0.15, -0.1) is 0 Å². The summed E-state index contributed by atoms with van der Waals surface area (Å²) < 4.78 is 25.3. The molecular formula is C11H26N2O2S. The summed E-state index contributed by atoms with van der Waals surface area (Å²) in [7, 11) is -1.43. The monoisotopic (exact) mass is 250 g/mol. The number of nitrogens with zero attached hydrogens (tertiary/aromatic N) is 1. The molecule has 0 rings (SSSR count). The first-order chi connectivity index (χ1) is 7.31. The molecular weight excluding hydrogens is 224 g/mol. The number of hydrogen-bond donors (Lipinski definition) is 1. The maximum absolute atomic E-state index is 11.9. The van der Waals surface area contributed by atoms with Crippen LogP contribution in [0.4, 0.5) is 0 Å². The van der Waals surface area contributed by atoms with Crippen molar-refractivity contribution in [1.82, 2.24) is 9.62 Å². The molecule has 0 saturated heterocycles. The van der Waals surface area contributed by atoms with Crippen molar-refractivity contribution >= 4 is 10.0 Å². The fourth-order valence-electron chi connectivity index (χ4n) is 1.49. The van der Waals surface area contributed by atoms with Crippen molar-refractivity contribution in [3.63, 3.8) is 0 Å². The van der Waals surface area contributed by atoms with E-state index in [1.54, 1.807) is 7.05 Å². The van der Waals surface area contributed by atoms with Crippen LogP contribution in [-0.2, 0) is 10.0 Å². The van der Waals surface area contributed by atoms with Crippen molar-refractivity contribution in [2.24, 2.45) is 0 Å². The average molecular weight is 250 g/mol. The number of hydrogen-bond acceptors (Lipinski definition) is 3. The van der Waals surface area contributed by atoms with Crippen LogP contribution in [0.3, 0.4) is 0 Å². The van der Waals surface area contributed by atoms with Gasteiger partial charge in [0, 0.05) is 25.7 Å². The highest BCUT2D eigenvalue weighted by Gasteiger charge is 2.21. The molecule has 1 unspecified atom stereocenters. The quantitative estimate of drug-likeness (QED) is 0.709. The van der Waals surface area contributed by atoms with Crippen LogP contribution < -0.4 is 5.32 Å². The molecule has 1 N–H and O–H groups in total. The molecule has 0 fully saturated rings. The highest BCUT2D eigenvalue weighted by molar-refractivity contribution is 7.89. The van der Waals surface area contributed by atoms with E-state index in [-0.39, 0.29) is 11.8 Å². The molecule has 98 valence electrons. The van der Waals surface area contributed by atoms with Crippen molar-refractivity contribution < 1.29 is 8.42 Å². The summed E-state index contributed by atoms with van der Waals surface area (Å²) in [6.45, 7) is 8.56. The van der Waals surface area contributed by atoms with Gasteiger partial charge in [-0.25, -0.2) is 12.7 Å². The highest BCUT2D eigenvalue weighted by Crippen LogP contribution is 2.09. The van der Waals surface area contributed by atoms with Gasteiger partial charge in [0.1, 0.15) is 0 Å². The van der Waals surface area contributed by atoms with Gasteiger partial charge in [-0.2, -0.15) is 0 Å². The zero-order valence-electron chi connectivity index (χ0n) is 11.2. The largest absolute Gasteiger partial charge is 0.313 e. The lowest BCUT2D eigenvalue weighted by Crippen LogP contribution is -2.40. The maximum Gasteiger partial charge on any atom is 0.215 e. The molecule has 0 aromatic rings. The van der Waals surface area contributed by atoms with Gasteiger partial charge >= 0.3 is 0 Å². The molecule has 0 radical (unpaired) electrons. The summed E-state index contributed by atoms with van der Waals surface area (Å²) in [5, 5.41) is 3.12. The van der Waals surface area contributed by atoms with Gasteiger partial charge in [-0.1, -0.05) is 27.2 Å². The van der Waals surface area contributed by atoms with Gasteiger partial charge in [-0.05, 0) is 13.3 Å². The van der Waals surface area contributed by atoms with E-state index in [0.29, 0.717) is 12.6 Å². The van der Waals surface area contributed by atoms with Crippen molar-refractivity contribution in [2.75, 3.05) is 19.3 Å². The molecule has 0 amide bonds. The van der Waals surface area contributed by atoms with Crippen LogP contribution in [0.25, 0.3) is 0 Å². The van der Waals surface area contributed by atoms with E-state index in [0.717, 1.165) is 12.8 Å². The molecule has 4 nitrogen and oxygen atoms in total. The standard InChI is InChI=1S/C11H26N2O2S/c1-6-7-11(4)13(5)16(14,15)9-8-12-10(2)3/h10-12H,6-9H2,1-5H3. The second-order valence-electron chi connectivity index (χ2n) is 4.58. The van der Waals surface area contributed by atoms with E-state index in [1.807, 2.05) is 20.8 Å². The Morgan fingerprint density at radius 1 is 1.25 bits per heavy atom. The number of sulfonamides is 1. The average Bonchev–Trinajstić information content (AvgIpc) is 2.16. The number of rotatable bonds is 8. The molecule has 0 saturated carbocycles. The van der Waals surface area contributed by atoms with E-state index < -0.39 is 10.0 Å². The Balaban J connectivity index is 4.20.